The second-order valence-corrected chi connectivity index (χ2v) is 8.32. The maximum atomic E-state index is 10.6. The van der Waals surface area contributed by atoms with Gasteiger partial charge in [0.05, 0.1) is 19.3 Å². The van der Waals surface area contributed by atoms with Crippen LogP contribution in [0.15, 0.2) is 0 Å². The van der Waals surface area contributed by atoms with Crippen LogP contribution in [0.5, 0.6) is 0 Å². The molecule has 10 N–H and O–H groups in total. The van der Waals surface area contributed by atoms with Crippen LogP contribution in [0.25, 0.3) is 0 Å². The highest BCUT2D eigenvalue weighted by Gasteiger charge is 2.53. The third-order valence-corrected chi connectivity index (χ3v) is 6.05. The lowest BCUT2D eigenvalue weighted by atomic mass is 9.96. The van der Waals surface area contributed by atoms with Crippen molar-refractivity contribution in [3.63, 3.8) is 0 Å². The minimum Gasteiger partial charge on any atom is -0.394 e. The molecule has 0 aliphatic carbocycles. The molecule has 0 aromatic heterocycles. The van der Waals surface area contributed by atoms with E-state index in [1.807, 2.05) is 0 Å². The van der Waals surface area contributed by atoms with Gasteiger partial charge >= 0.3 is 0 Å². The molecule has 15 nitrogen and oxygen atoms in total. The van der Waals surface area contributed by atoms with Crippen LogP contribution in [0.3, 0.4) is 0 Å². The lowest BCUT2D eigenvalue weighted by Gasteiger charge is -2.48. The number of ether oxygens (including phenoxy) is 5. The zero-order chi connectivity index (χ0) is 24.6. The van der Waals surface area contributed by atoms with Crippen LogP contribution < -0.4 is 0 Å². The van der Waals surface area contributed by atoms with E-state index < -0.39 is 105 Å². The SMILES string of the molecule is C[C@@H]1O[C@@H](O[C@H]2[C@H](O[C@H]3[C@H](O)[C@@H](O)[C@H](O)O[C@@H]3CO)O[C@H](CO)[C@@H](O)[C@@H]2O)[C@H](O)[C@H](O)[C@H]1O. The molecule has 194 valence electrons. The van der Waals surface area contributed by atoms with E-state index in [1.165, 1.54) is 6.92 Å². The van der Waals surface area contributed by atoms with Gasteiger partial charge in [-0.05, 0) is 6.92 Å². The Kier molecular flexibility index (Phi) is 8.99. The highest BCUT2D eigenvalue weighted by Crippen LogP contribution is 2.32. The first-order valence-corrected chi connectivity index (χ1v) is 10.4. The molecular weight excluding hydrogens is 456 g/mol. The van der Waals surface area contributed by atoms with E-state index in [0.29, 0.717) is 0 Å². The van der Waals surface area contributed by atoms with E-state index >= 15 is 0 Å². The fourth-order valence-corrected chi connectivity index (χ4v) is 3.98. The molecule has 3 fully saturated rings. The Morgan fingerprint density at radius 3 is 1.73 bits per heavy atom. The third kappa shape index (κ3) is 5.32. The summed E-state index contributed by atoms with van der Waals surface area (Å²) in [4.78, 5) is 0. The van der Waals surface area contributed by atoms with Crippen molar-refractivity contribution in [2.24, 2.45) is 0 Å². The van der Waals surface area contributed by atoms with Crippen molar-refractivity contribution in [2.45, 2.75) is 99.0 Å². The summed E-state index contributed by atoms with van der Waals surface area (Å²) in [5.74, 6) is 0. The fourth-order valence-electron chi connectivity index (χ4n) is 3.98. The van der Waals surface area contributed by atoms with Crippen molar-refractivity contribution < 1.29 is 74.7 Å². The highest BCUT2D eigenvalue weighted by molar-refractivity contribution is 4.95. The van der Waals surface area contributed by atoms with Gasteiger partial charge in [0.15, 0.2) is 18.9 Å². The maximum absolute atomic E-state index is 10.6. The molecule has 3 heterocycles. The molecule has 33 heavy (non-hydrogen) atoms. The van der Waals surface area contributed by atoms with Crippen LogP contribution in [0, 0.1) is 0 Å². The Labute approximate surface area is 187 Å². The summed E-state index contributed by atoms with van der Waals surface area (Å²) in [6.07, 6.45) is -24.1. The molecule has 0 amide bonds. The quantitative estimate of drug-likeness (QED) is 0.167. The van der Waals surface area contributed by atoms with Crippen molar-refractivity contribution in [3.05, 3.63) is 0 Å². The molecule has 3 aliphatic heterocycles. The highest BCUT2D eigenvalue weighted by atomic mass is 16.8. The molecule has 0 aromatic rings. The second-order valence-electron chi connectivity index (χ2n) is 8.32. The molecule has 0 saturated carbocycles. The molecule has 0 radical (unpaired) electrons. The van der Waals surface area contributed by atoms with Crippen LogP contribution >= 0.6 is 0 Å². The van der Waals surface area contributed by atoms with Gasteiger partial charge in [-0.15, -0.1) is 0 Å². The maximum Gasteiger partial charge on any atom is 0.187 e. The van der Waals surface area contributed by atoms with E-state index in [2.05, 4.69) is 0 Å². The summed E-state index contributed by atoms with van der Waals surface area (Å²) in [6.45, 7) is -0.128. The van der Waals surface area contributed by atoms with Crippen molar-refractivity contribution in [1.29, 1.82) is 0 Å². The molecule has 0 unspecified atom stereocenters. The summed E-state index contributed by atoms with van der Waals surface area (Å²) in [5, 5.41) is 99.8. The zero-order valence-corrected chi connectivity index (χ0v) is 17.6. The Bertz CT molecular complexity index is 624. The smallest absolute Gasteiger partial charge is 0.187 e. The molecule has 3 rings (SSSR count). The number of rotatable bonds is 6. The first-order chi connectivity index (χ1) is 15.5. The van der Waals surface area contributed by atoms with Gasteiger partial charge in [0.1, 0.15) is 67.1 Å². The van der Waals surface area contributed by atoms with Crippen LogP contribution in [-0.2, 0) is 23.7 Å². The molecule has 15 atom stereocenters. The molecule has 3 aliphatic rings. The van der Waals surface area contributed by atoms with Gasteiger partial charge in [-0.1, -0.05) is 0 Å². The van der Waals surface area contributed by atoms with Crippen LogP contribution in [0.1, 0.15) is 6.92 Å². The Morgan fingerprint density at radius 1 is 0.545 bits per heavy atom. The Balaban J connectivity index is 1.83. The lowest BCUT2D eigenvalue weighted by Crippen LogP contribution is -2.66. The molecule has 3 saturated heterocycles. The zero-order valence-electron chi connectivity index (χ0n) is 17.6. The minimum absolute atomic E-state index is 0.760. The summed E-state index contributed by atoms with van der Waals surface area (Å²) in [6, 6.07) is 0. The normalized spacial score (nSPS) is 53.7. The first kappa shape index (κ1) is 27.0. The molecule has 0 spiro atoms. The van der Waals surface area contributed by atoms with Crippen molar-refractivity contribution in [1.82, 2.24) is 0 Å². The van der Waals surface area contributed by atoms with E-state index in [9.17, 15) is 51.1 Å². The first-order valence-electron chi connectivity index (χ1n) is 10.4. The molecule has 0 aromatic carbocycles. The largest absolute Gasteiger partial charge is 0.394 e. The predicted molar refractivity (Wildman–Crippen MR) is 99.8 cm³/mol. The van der Waals surface area contributed by atoms with Gasteiger partial charge in [0.2, 0.25) is 0 Å². The van der Waals surface area contributed by atoms with E-state index in [-0.39, 0.29) is 0 Å². The van der Waals surface area contributed by atoms with Crippen molar-refractivity contribution in [2.75, 3.05) is 13.2 Å². The standard InChI is InChI=1S/C18H32O15/c1-4-7(21)9(23)13(27)17(29-4)33-15-10(24)8(22)5(2-19)31-18(15)32-14-6(3-20)30-16(28)12(26)11(14)25/h4-28H,2-3H2,1H3/t4-,5+,6+,7-,8+,9+,10-,11+,12+,13+,14+,15+,16+,17-,18-/m0/s1. The van der Waals surface area contributed by atoms with Crippen molar-refractivity contribution in [3.8, 4) is 0 Å². The summed E-state index contributed by atoms with van der Waals surface area (Å²) >= 11 is 0. The van der Waals surface area contributed by atoms with Gasteiger partial charge in [0.25, 0.3) is 0 Å². The Hall–Kier alpha value is -0.600. The average Bonchev–Trinajstić information content (AvgIpc) is 2.80. The van der Waals surface area contributed by atoms with E-state index in [1.54, 1.807) is 0 Å². The number of hydrogen-bond donors (Lipinski definition) is 10. The second kappa shape index (κ2) is 11.0. The monoisotopic (exact) mass is 488 g/mol. The molecule has 15 heteroatoms. The topological polar surface area (TPSA) is 248 Å². The van der Waals surface area contributed by atoms with Crippen molar-refractivity contribution >= 4 is 0 Å². The van der Waals surface area contributed by atoms with Gasteiger partial charge < -0.3 is 74.7 Å². The predicted octanol–water partition coefficient (Wildman–Crippen LogP) is -6.55. The van der Waals surface area contributed by atoms with E-state index in [4.69, 9.17) is 23.7 Å². The lowest BCUT2D eigenvalue weighted by molar-refractivity contribution is -0.385. The van der Waals surface area contributed by atoms with Gasteiger partial charge in [-0.25, -0.2) is 0 Å². The average molecular weight is 488 g/mol. The van der Waals surface area contributed by atoms with Gasteiger partial charge in [-0.3, -0.25) is 0 Å². The van der Waals surface area contributed by atoms with Crippen LogP contribution in [-0.4, -0.2) is 156 Å². The van der Waals surface area contributed by atoms with Crippen LogP contribution in [0.4, 0.5) is 0 Å². The third-order valence-electron chi connectivity index (χ3n) is 6.05. The van der Waals surface area contributed by atoms with Gasteiger partial charge in [0, 0.05) is 0 Å². The molecular formula is C18H32O15. The summed E-state index contributed by atoms with van der Waals surface area (Å²) < 4.78 is 26.9. The Morgan fingerprint density at radius 2 is 1.12 bits per heavy atom. The number of aliphatic hydroxyl groups excluding tert-OH is 10. The summed E-state index contributed by atoms with van der Waals surface area (Å²) in [5.41, 5.74) is 0. The fraction of sp³-hybridized carbons (Fsp3) is 1.00. The number of aliphatic hydroxyl groups is 10. The summed E-state index contributed by atoms with van der Waals surface area (Å²) in [7, 11) is 0. The molecule has 0 bridgehead atoms. The van der Waals surface area contributed by atoms with E-state index in [0.717, 1.165) is 0 Å². The van der Waals surface area contributed by atoms with Crippen LogP contribution in [0.2, 0.25) is 0 Å². The van der Waals surface area contributed by atoms with Gasteiger partial charge in [-0.2, -0.15) is 0 Å². The number of hydrogen-bond acceptors (Lipinski definition) is 15. The minimum atomic E-state index is -1.83.